The highest BCUT2D eigenvalue weighted by Crippen LogP contribution is 2.45. The summed E-state index contributed by atoms with van der Waals surface area (Å²) in [5.74, 6) is -2.27. The maximum atomic E-state index is 13.1. The second kappa shape index (κ2) is 73.5. The molecule has 17 nitrogen and oxygen atoms in total. The molecule has 0 aliphatic rings. The molecule has 5 atom stereocenters. The number of phosphoric ester groups is 2. The van der Waals surface area contributed by atoms with Crippen LogP contribution in [0.15, 0.2) is 85.1 Å². The van der Waals surface area contributed by atoms with Gasteiger partial charge >= 0.3 is 39.5 Å². The summed E-state index contributed by atoms with van der Waals surface area (Å²) < 4.78 is 68.5. The van der Waals surface area contributed by atoms with Crippen molar-refractivity contribution in [2.75, 3.05) is 39.6 Å². The van der Waals surface area contributed by atoms with Crippen molar-refractivity contribution in [3.8, 4) is 0 Å². The Bertz CT molecular complexity index is 2230. The van der Waals surface area contributed by atoms with E-state index in [4.69, 9.17) is 37.0 Å². The van der Waals surface area contributed by atoms with Crippen molar-refractivity contribution in [2.24, 2.45) is 0 Å². The van der Waals surface area contributed by atoms with E-state index in [9.17, 15) is 43.2 Å². The first-order chi connectivity index (χ1) is 48.7. The van der Waals surface area contributed by atoms with E-state index in [0.29, 0.717) is 32.1 Å². The summed E-state index contributed by atoms with van der Waals surface area (Å²) in [5.41, 5.74) is 0. The van der Waals surface area contributed by atoms with Crippen LogP contribution in [0.1, 0.15) is 349 Å². The number of ether oxygens (including phenoxy) is 4. The number of aliphatic hydroxyl groups excluding tert-OH is 1. The number of hydrogen-bond acceptors (Lipinski definition) is 15. The highest BCUT2D eigenvalue weighted by Gasteiger charge is 2.30. The molecule has 0 aliphatic carbocycles. The Balaban J connectivity index is 5.40. The number of rotatable bonds is 75. The molecule has 580 valence electrons. The number of allylic oxidation sites excluding steroid dienone is 14. The van der Waals surface area contributed by atoms with Crippen LogP contribution in [0, 0.1) is 0 Å². The van der Waals surface area contributed by atoms with Crippen molar-refractivity contribution >= 4 is 39.5 Å². The van der Waals surface area contributed by atoms with Gasteiger partial charge in [0.25, 0.3) is 0 Å². The van der Waals surface area contributed by atoms with Gasteiger partial charge in [0.2, 0.25) is 0 Å². The Morgan fingerprint density at radius 2 is 0.510 bits per heavy atom. The van der Waals surface area contributed by atoms with Gasteiger partial charge in [-0.15, -0.1) is 0 Å². The van der Waals surface area contributed by atoms with Crippen molar-refractivity contribution in [1.82, 2.24) is 0 Å². The van der Waals surface area contributed by atoms with Gasteiger partial charge in [0, 0.05) is 25.7 Å². The number of hydrogen-bond donors (Lipinski definition) is 3. The van der Waals surface area contributed by atoms with Gasteiger partial charge < -0.3 is 33.8 Å². The van der Waals surface area contributed by atoms with Crippen LogP contribution in [0.3, 0.4) is 0 Å². The number of phosphoric acid groups is 2. The van der Waals surface area contributed by atoms with Crippen LogP contribution in [0.25, 0.3) is 0 Å². The summed E-state index contributed by atoms with van der Waals surface area (Å²) in [6, 6.07) is 0. The van der Waals surface area contributed by atoms with Crippen LogP contribution < -0.4 is 0 Å². The largest absolute Gasteiger partial charge is 0.472 e. The van der Waals surface area contributed by atoms with Gasteiger partial charge in [-0.05, 0) is 116 Å². The monoisotopic (exact) mass is 1450 g/mol. The summed E-state index contributed by atoms with van der Waals surface area (Å²) in [6.45, 7) is 4.76. The lowest BCUT2D eigenvalue weighted by Gasteiger charge is -2.21. The van der Waals surface area contributed by atoms with E-state index >= 15 is 0 Å². The number of carbonyl (C=O) groups is 4. The fourth-order valence-corrected chi connectivity index (χ4v) is 12.3. The lowest BCUT2D eigenvalue weighted by atomic mass is 10.0. The van der Waals surface area contributed by atoms with E-state index in [1.165, 1.54) is 141 Å². The molecule has 100 heavy (non-hydrogen) atoms. The van der Waals surface area contributed by atoms with Gasteiger partial charge in [-0.25, -0.2) is 9.13 Å². The summed E-state index contributed by atoms with van der Waals surface area (Å²) in [5, 5.41) is 10.6. The van der Waals surface area contributed by atoms with Crippen molar-refractivity contribution in [2.45, 2.75) is 367 Å². The SMILES string of the molecule is CCCCC/C=C\C/C=C\C/C=C\C/C=C\C/C=C\CCC(=O)O[C@H](COC(=O)CCCCCCC/C=C\CCCCCC)COP(=O)(O)OC[C@@H](O)COP(=O)(O)OC[C@@H](COC(=O)CCCCCCCCCCCCCCCCC)OC(=O)CCCCCCC/C=C\CCCCCC. The molecule has 0 saturated carbocycles. The molecule has 2 unspecified atom stereocenters. The predicted molar refractivity (Wildman–Crippen MR) is 409 cm³/mol. The van der Waals surface area contributed by atoms with Crippen molar-refractivity contribution in [3.05, 3.63) is 85.1 Å². The van der Waals surface area contributed by atoms with Gasteiger partial charge in [-0.3, -0.25) is 37.3 Å². The second-order valence-electron chi connectivity index (χ2n) is 26.7. The molecule has 0 fully saturated rings. The molecule has 0 aromatic rings. The molecule has 0 aromatic carbocycles. The van der Waals surface area contributed by atoms with Crippen LogP contribution in [-0.4, -0.2) is 96.7 Å². The lowest BCUT2D eigenvalue weighted by molar-refractivity contribution is -0.161. The van der Waals surface area contributed by atoms with E-state index in [0.717, 1.165) is 122 Å². The first-order valence-corrected chi connectivity index (χ1v) is 42.8. The Morgan fingerprint density at radius 3 is 0.850 bits per heavy atom. The second-order valence-corrected chi connectivity index (χ2v) is 29.6. The van der Waals surface area contributed by atoms with Gasteiger partial charge in [0.05, 0.1) is 26.4 Å². The third-order valence-electron chi connectivity index (χ3n) is 16.8. The highest BCUT2D eigenvalue weighted by molar-refractivity contribution is 7.47. The fraction of sp³-hybridized carbons (Fsp3) is 0.778. The Kier molecular flexibility index (Phi) is 70.8. The molecule has 19 heteroatoms. The number of esters is 4. The van der Waals surface area contributed by atoms with Gasteiger partial charge in [0.1, 0.15) is 19.3 Å². The average molecular weight is 1450 g/mol. The Hall–Kier alpha value is -3.76. The summed E-state index contributed by atoms with van der Waals surface area (Å²) >= 11 is 0. The molecule has 0 saturated heterocycles. The average Bonchev–Trinajstić information content (AvgIpc) is 0.929. The van der Waals surface area contributed by atoms with Crippen LogP contribution >= 0.6 is 15.6 Å². The number of carbonyl (C=O) groups excluding carboxylic acids is 4. The molecule has 0 spiro atoms. The minimum absolute atomic E-state index is 0.0286. The number of aliphatic hydroxyl groups is 1. The molecule has 0 radical (unpaired) electrons. The fourth-order valence-electron chi connectivity index (χ4n) is 10.7. The molecule has 0 aliphatic heterocycles. The molecule has 0 aromatic heterocycles. The van der Waals surface area contributed by atoms with E-state index in [1.807, 2.05) is 18.2 Å². The normalized spacial score (nSPS) is 14.3. The topological polar surface area (TPSA) is 237 Å². The quantitative estimate of drug-likeness (QED) is 0.0169. The Labute approximate surface area is 608 Å². The standard InChI is InChI=1S/C81H144O17P2/c1-5-9-13-17-21-25-29-33-35-36-37-38-40-44-48-52-56-60-64-68-81(86)98-77(71-91-78(83)65-61-57-53-49-45-41-31-27-23-19-15-11-7-3)74-96-100(89,90)94-70-75(82)69-93-99(87,88)95-73-76(97-80(85)67-63-59-55-51-47-42-32-28-24-20-16-12-8-4)72-92-79(84)66-62-58-54-50-46-43-39-34-30-26-22-18-14-10-6-2/h21,25,27-28,31-33,35,37-38,44,48,56,60,75-77,82H,5-20,22-24,26,29-30,34,36,39-43,45-47,49-55,57-59,61-74H2,1-4H3,(H,87,88)(H,89,90)/b25-21-,31-27-,32-28-,35-33-,38-37-,48-44-,60-56-/t75-,76+,77+/m0/s1. The minimum Gasteiger partial charge on any atom is -0.462 e. The van der Waals surface area contributed by atoms with Crippen molar-refractivity contribution in [3.63, 3.8) is 0 Å². The molecule has 0 amide bonds. The van der Waals surface area contributed by atoms with Crippen LogP contribution in [-0.2, 0) is 65.4 Å². The van der Waals surface area contributed by atoms with E-state index in [-0.39, 0.29) is 25.7 Å². The highest BCUT2D eigenvalue weighted by atomic mass is 31.2. The van der Waals surface area contributed by atoms with Crippen LogP contribution in [0.4, 0.5) is 0 Å². The van der Waals surface area contributed by atoms with Gasteiger partial charge in [-0.2, -0.15) is 0 Å². The van der Waals surface area contributed by atoms with Crippen LogP contribution in [0.2, 0.25) is 0 Å². The van der Waals surface area contributed by atoms with Crippen molar-refractivity contribution in [1.29, 1.82) is 0 Å². The van der Waals surface area contributed by atoms with E-state index in [1.54, 1.807) is 0 Å². The third kappa shape index (κ3) is 72.6. The molecule has 0 rings (SSSR count). The Morgan fingerprint density at radius 1 is 0.280 bits per heavy atom. The summed E-state index contributed by atoms with van der Waals surface area (Å²) in [7, 11) is -9.97. The van der Waals surface area contributed by atoms with E-state index < -0.39 is 97.5 Å². The molecule has 0 heterocycles. The molecule has 3 N–H and O–H groups in total. The third-order valence-corrected chi connectivity index (χ3v) is 18.7. The van der Waals surface area contributed by atoms with Crippen LogP contribution in [0.5, 0.6) is 0 Å². The lowest BCUT2D eigenvalue weighted by Crippen LogP contribution is -2.30. The zero-order chi connectivity index (χ0) is 73.2. The molecule has 0 bridgehead atoms. The minimum atomic E-state index is -4.99. The summed E-state index contributed by atoms with van der Waals surface area (Å²) in [6.07, 6.45) is 75.8. The first kappa shape index (κ1) is 96.2. The van der Waals surface area contributed by atoms with Gasteiger partial charge in [-0.1, -0.05) is 293 Å². The molecular weight excluding hydrogens is 1310 g/mol. The smallest absolute Gasteiger partial charge is 0.462 e. The zero-order valence-electron chi connectivity index (χ0n) is 63.4. The van der Waals surface area contributed by atoms with Gasteiger partial charge in [0.15, 0.2) is 12.2 Å². The zero-order valence-corrected chi connectivity index (χ0v) is 65.2. The summed E-state index contributed by atoms with van der Waals surface area (Å²) in [4.78, 5) is 72.9. The predicted octanol–water partition coefficient (Wildman–Crippen LogP) is 23.0. The molecular formula is C81H144O17P2. The first-order valence-electron chi connectivity index (χ1n) is 39.8. The van der Waals surface area contributed by atoms with Crippen molar-refractivity contribution < 1.29 is 80.2 Å². The maximum absolute atomic E-state index is 13.1. The number of unbranched alkanes of at least 4 members (excludes halogenated alkanes) is 35. The maximum Gasteiger partial charge on any atom is 0.472 e. The van der Waals surface area contributed by atoms with E-state index in [2.05, 4.69) is 94.5 Å².